The molecule has 8 aromatic heterocycles. The second-order valence-corrected chi connectivity index (χ2v) is 23.5. The Morgan fingerprint density at radius 2 is 0.878 bits per heavy atom. The Morgan fingerprint density at radius 3 is 1.28 bits per heavy atom. The van der Waals surface area contributed by atoms with Gasteiger partial charge in [-0.1, -0.05) is 192 Å². The molecule has 3 atom stereocenters. The van der Waals surface area contributed by atoms with Crippen molar-refractivity contribution in [3.8, 4) is 17.1 Å². The van der Waals surface area contributed by atoms with E-state index in [-0.39, 0.29) is 44.6 Å². The Hall–Kier alpha value is -10.5. The SMILES string of the molecule is CC(N)c1cc2ncc(Cl)n2c(=O)n1-c1ccccc1.CC(N=[N+]=[N-])c1cc2ncc(Cl)n2c(=O)n1-c1ccccc1.CC(Nc1ncnc2nc[nH]c12)c1cc2ncc(Cl)n2c(=O)n1-c1ccccc1.c1ccc(P(c2ccccc2)c2ccccc2)cc1. The van der Waals surface area contributed by atoms with Gasteiger partial charge in [-0.25, -0.2) is 57.5 Å². The highest BCUT2D eigenvalue weighted by Gasteiger charge is 2.22. The van der Waals surface area contributed by atoms with E-state index in [0.29, 0.717) is 56.7 Å². The summed E-state index contributed by atoms with van der Waals surface area (Å²) in [6.07, 6.45) is 7.34. The zero-order valence-corrected chi connectivity index (χ0v) is 51.4. The van der Waals surface area contributed by atoms with Crippen molar-refractivity contribution in [2.45, 2.75) is 38.9 Å². The number of nitrogens with one attached hydrogen (secondary N) is 2. The molecule has 0 fully saturated rings. The number of azide groups is 1. The second-order valence-electron chi connectivity index (χ2n) is 20.1. The molecule has 0 radical (unpaired) electrons. The fourth-order valence-electron chi connectivity index (χ4n) is 10.1. The third-order valence-corrected chi connectivity index (χ3v) is 17.5. The zero-order valence-electron chi connectivity index (χ0n) is 48.3. The van der Waals surface area contributed by atoms with Crippen LogP contribution in [0.3, 0.4) is 0 Å². The van der Waals surface area contributed by atoms with E-state index >= 15 is 0 Å². The normalized spacial score (nSPS) is 12.0. The summed E-state index contributed by atoms with van der Waals surface area (Å²) in [4.78, 5) is 69.7. The molecule has 8 heterocycles. The number of hydrogen-bond acceptors (Lipinski definition) is 12. The molecule has 3 unspecified atom stereocenters. The molecule has 0 saturated heterocycles. The van der Waals surface area contributed by atoms with Crippen molar-refractivity contribution < 1.29 is 0 Å². The fourth-order valence-corrected chi connectivity index (χ4v) is 13.0. The highest BCUT2D eigenvalue weighted by molar-refractivity contribution is 7.79. The maximum atomic E-state index is 13.3. The van der Waals surface area contributed by atoms with Gasteiger partial charge in [0.1, 0.15) is 44.2 Å². The molecule has 90 heavy (non-hydrogen) atoms. The number of nitrogens with zero attached hydrogens (tertiary/aromatic N) is 15. The molecule has 448 valence electrons. The molecule has 0 spiro atoms. The molecule has 0 saturated carbocycles. The molecular formula is C65H54Cl3N18O3P. The van der Waals surface area contributed by atoms with Crippen LogP contribution in [-0.2, 0) is 0 Å². The molecule has 4 N–H and O–H groups in total. The topological polar surface area (TPSA) is 259 Å². The zero-order chi connectivity index (χ0) is 62.8. The van der Waals surface area contributed by atoms with Crippen LogP contribution in [0.1, 0.15) is 56.0 Å². The van der Waals surface area contributed by atoms with Crippen molar-refractivity contribution in [1.82, 2.24) is 61.8 Å². The van der Waals surface area contributed by atoms with E-state index in [4.69, 9.17) is 46.1 Å². The van der Waals surface area contributed by atoms with Crippen molar-refractivity contribution in [1.29, 1.82) is 0 Å². The second kappa shape index (κ2) is 27.7. The first-order valence-electron chi connectivity index (χ1n) is 28.0. The Kier molecular flexibility index (Phi) is 18.8. The largest absolute Gasteiger partial charge is 0.360 e. The quantitative estimate of drug-likeness (QED) is 0.0448. The number of halogens is 3. The van der Waals surface area contributed by atoms with Crippen LogP contribution in [-0.4, -0.2) is 61.8 Å². The van der Waals surface area contributed by atoms with Gasteiger partial charge < -0.3 is 16.0 Å². The van der Waals surface area contributed by atoms with Gasteiger partial charge in [0.2, 0.25) is 0 Å². The van der Waals surface area contributed by atoms with Gasteiger partial charge in [0, 0.05) is 40.5 Å². The van der Waals surface area contributed by atoms with Crippen LogP contribution in [0.2, 0.25) is 15.5 Å². The number of benzene rings is 6. The van der Waals surface area contributed by atoms with Gasteiger partial charge in [0.15, 0.2) is 11.5 Å². The summed E-state index contributed by atoms with van der Waals surface area (Å²) in [5.41, 5.74) is 20.5. The maximum Gasteiger partial charge on any atom is 0.339 e. The highest BCUT2D eigenvalue weighted by atomic mass is 35.5. The number of para-hydroxylation sites is 3. The van der Waals surface area contributed by atoms with E-state index in [9.17, 15) is 14.4 Å². The van der Waals surface area contributed by atoms with Gasteiger partial charge in [-0.15, -0.1) is 0 Å². The molecule has 14 rings (SSSR count). The molecule has 0 bridgehead atoms. The first-order chi connectivity index (χ1) is 43.8. The monoisotopic (exact) mass is 1270 g/mol. The van der Waals surface area contributed by atoms with Gasteiger partial charge in [0.05, 0.1) is 59.8 Å². The predicted octanol–water partition coefficient (Wildman–Crippen LogP) is 12.1. The summed E-state index contributed by atoms with van der Waals surface area (Å²) in [6.45, 7) is 5.49. The van der Waals surface area contributed by atoms with Crippen LogP contribution in [0.5, 0.6) is 0 Å². The van der Waals surface area contributed by atoms with Crippen molar-refractivity contribution in [3.05, 3.63) is 306 Å². The molecule has 6 aromatic carbocycles. The minimum absolute atomic E-state index is 0.229. The molecule has 14 aromatic rings. The van der Waals surface area contributed by atoms with E-state index in [0.717, 1.165) is 11.4 Å². The molecule has 0 aliphatic carbocycles. The number of rotatable bonds is 12. The van der Waals surface area contributed by atoms with Crippen LogP contribution in [0.25, 0.3) is 55.6 Å². The van der Waals surface area contributed by atoms with Gasteiger partial charge in [-0.05, 0) is 79.6 Å². The van der Waals surface area contributed by atoms with Gasteiger partial charge in [-0.2, -0.15) is 0 Å². The molecule has 0 amide bonds. The van der Waals surface area contributed by atoms with Crippen LogP contribution in [0, 0.1) is 0 Å². The number of nitrogens with two attached hydrogens (primary N) is 1. The number of aromatic nitrogens is 13. The van der Waals surface area contributed by atoms with E-state index in [1.807, 2.05) is 98.8 Å². The maximum absolute atomic E-state index is 13.3. The minimum atomic E-state index is -0.529. The highest BCUT2D eigenvalue weighted by Crippen LogP contribution is 2.33. The van der Waals surface area contributed by atoms with Crippen LogP contribution in [0.4, 0.5) is 5.82 Å². The summed E-state index contributed by atoms with van der Waals surface area (Å²) < 4.78 is 8.69. The van der Waals surface area contributed by atoms with Crippen LogP contribution >= 0.6 is 42.7 Å². The third kappa shape index (κ3) is 12.9. The summed E-state index contributed by atoms with van der Waals surface area (Å²) in [5.74, 6) is 0.591. The van der Waals surface area contributed by atoms with E-state index in [2.05, 4.69) is 141 Å². The van der Waals surface area contributed by atoms with Gasteiger partial charge in [-0.3, -0.25) is 13.7 Å². The fraction of sp³-hybridized carbons (Fsp3) is 0.0923. The molecule has 25 heteroatoms. The standard InChI is InChI=1S/C19H15ClN8O.C18H15P.C14H11ClN6O.C14H13ClN4O/c1-11(26-18-16-17(23-9-22-16)24-10-25-18)13-7-15-21-8-14(20)28(15)19(29)27(13)12-5-3-2-4-6-12;1-4-10-16(11-5-1)19(17-12-6-2-7-13-17)18-14-8-3-9-15-18;1-9(18-19-16)11-7-13-17-8-12(15)21(13)14(22)20(11)10-5-3-2-4-6-10;1-9(16)11-7-13-17-8-12(15)19(13)14(20)18(11)10-5-3-2-4-6-10/h2-11H,1H3,(H2,22,23,24,25,26);1-15H;2-9H,1H3;2-9H,16H2,1H3. The lowest BCUT2D eigenvalue weighted by molar-refractivity contribution is 0.704. The Bertz CT molecular complexity index is 4930. The lowest BCUT2D eigenvalue weighted by Crippen LogP contribution is -2.30. The van der Waals surface area contributed by atoms with E-state index in [1.165, 1.54) is 58.6 Å². The lowest BCUT2D eigenvalue weighted by Gasteiger charge is -2.20. The van der Waals surface area contributed by atoms with Crippen molar-refractivity contribution >= 4 is 92.6 Å². The van der Waals surface area contributed by atoms with Crippen molar-refractivity contribution in [2.24, 2.45) is 10.8 Å². The first kappa shape index (κ1) is 61.2. The van der Waals surface area contributed by atoms with Gasteiger partial charge in [0.25, 0.3) is 0 Å². The average Bonchev–Trinajstić information content (AvgIpc) is 1.52. The summed E-state index contributed by atoms with van der Waals surface area (Å²) in [6, 6.07) is 64.3. The van der Waals surface area contributed by atoms with Crippen molar-refractivity contribution in [2.75, 3.05) is 5.32 Å². The summed E-state index contributed by atoms with van der Waals surface area (Å²) in [5, 5.41) is 12.0. The molecular weight excluding hydrogens is 1220 g/mol. The summed E-state index contributed by atoms with van der Waals surface area (Å²) >= 11 is 18.3. The Morgan fingerprint density at radius 1 is 0.511 bits per heavy atom. The van der Waals surface area contributed by atoms with Gasteiger partial charge >= 0.3 is 17.1 Å². The molecule has 0 aliphatic rings. The number of imidazole rings is 4. The van der Waals surface area contributed by atoms with E-state index in [1.54, 1.807) is 46.7 Å². The molecule has 21 nitrogen and oxygen atoms in total. The minimum Gasteiger partial charge on any atom is -0.360 e. The van der Waals surface area contributed by atoms with E-state index < -0.39 is 14.0 Å². The first-order valence-corrected chi connectivity index (χ1v) is 30.5. The predicted molar refractivity (Wildman–Crippen MR) is 356 cm³/mol. The lowest BCUT2D eigenvalue weighted by atomic mass is 10.2. The number of hydrogen-bond donors (Lipinski definition) is 3. The number of aromatic amines is 1. The average molecular weight is 1270 g/mol. The Balaban J connectivity index is 0.000000125. The smallest absolute Gasteiger partial charge is 0.339 e. The third-order valence-electron chi connectivity index (χ3n) is 14.2. The number of anilines is 1. The number of fused-ring (bicyclic) bond motifs is 4. The summed E-state index contributed by atoms with van der Waals surface area (Å²) in [7, 11) is -0.446. The van der Waals surface area contributed by atoms with Crippen LogP contribution in [0.15, 0.2) is 251 Å². The van der Waals surface area contributed by atoms with Crippen molar-refractivity contribution in [3.63, 3.8) is 0 Å². The number of H-pyrrole nitrogens is 1. The Labute approximate surface area is 529 Å². The van der Waals surface area contributed by atoms with Crippen LogP contribution < -0.4 is 44.0 Å². The molecule has 0 aliphatic heterocycles.